The molecule has 3 rings (SSSR count). The Kier molecular flexibility index (Phi) is 7.81. The Balaban J connectivity index is 1.74. The van der Waals surface area contributed by atoms with Gasteiger partial charge in [-0.3, -0.25) is 4.79 Å². The molecule has 0 saturated carbocycles. The van der Waals surface area contributed by atoms with Gasteiger partial charge in [0.05, 0.1) is 4.90 Å². The molecular weight excluding hydrogens is 442 g/mol. The van der Waals surface area contributed by atoms with Gasteiger partial charge in [0.25, 0.3) is 0 Å². The molecule has 0 fully saturated rings. The molecule has 3 aromatic carbocycles. The number of alkyl carbamates (subject to hydrolysis) is 1. The number of amides is 2. The molecule has 3 aromatic rings. The largest absolute Gasteiger partial charge is 0.445 e. The second kappa shape index (κ2) is 10.8. The first-order valence-electron chi connectivity index (χ1n) is 10.2. The number of carbonyl (C=O) groups is 2. The maximum Gasteiger partial charge on any atom is 0.408 e. The molecule has 8 nitrogen and oxygen atoms in total. The number of rotatable bonds is 8. The van der Waals surface area contributed by atoms with Gasteiger partial charge in [0.15, 0.2) is 0 Å². The molecule has 0 heterocycles. The van der Waals surface area contributed by atoms with E-state index in [-0.39, 0.29) is 23.6 Å². The number of nitrogens with one attached hydrogen (secondary N) is 2. The Morgan fingerprint density at radius 1 is 0.939 bits per heavy atom. The Hall–Kier alpha value is -3.69. The van der Waals surface area contributed by atoms with Crippen LogP contribution in [0, 0.1) is 6.92 Å². The topological polar surface area (TPSA) is 128 Å². The van der Waals surface area contributed by atoms with Gasteiger partial charge in [0.2, 0.25) is 15.9 Å². The zero-order valence-corrected chi connectivity index (χ0v) is 18.8. The van der Waals surface area contributed by atoms with E-state index < -0.39 is 28.1 Å². The van der Waals surface area contributed by atoms with Crippen LogP contribution in [-0.4, -0.2) is 26.5 Å². The van der Waals surface area contributed by atoms with Crippen LogP contribution < -0.4 is 15.8 Å². The first-order valence-corrected chi connectivity index (χ1v) is 11.7. The first-order chi connectivity index (χ1) is 15.7. The number of anilines is 1. The first kappa shape index (κ1) is 24.0. The van der Waals surface area contributed by atoms with E-state index in [1.54, 1.807) is 19.1 Å². The van der Waals surface area contributed by atoms with Gasteiger partial charge in [-0.05, 0) is 35.7 Å². The summed E-state index contributed by atoms with van der Waals surface area (Å²) in [7, 11) is -3.95. The normalized spacial score (nSPS) is 11.9. The molecule has 172 valence electrons. The van der Waals surface area contributed by atoms with Crippen LogP contribution in [0.4, 0.5) is 10.5 Å². The minimum Gasteiger partial charge on any atom is -0.445 e. The fraction of sp³-hybridized carbons (Fsp3) is 0.167. The summed E-state index contributed by atoms with van der Waals surface area (Å²) >= 11 is 0. The van der Waals surface area contributed by atoms with E-state index in [1.807, 2.05) is 60.7 Å². The van der Waals surface area contributed by atoms with Crippen molar-refractivity contribution in [3.8, 4) is 0 Å². The highest BCUT2D eigenvalue weighted by Crippen LogP contribution is 2.19. The summed E-state index contributed by atoms with van der Waals surface area (Å²) in [6.45, 7) is 1.66. The quantitative estimate of drug-likeness (QED) is 0.469. The SMILES string of the molecule is Cc1ccc(NC(=O)[C@H](Cc2ccccc2)NC(=O)OCc2ccccc2)cc1S(N)(=O)=O. The number of aryl methyl sites for hydroxylation is 1. The molecule has 1 atom stereocenters. The Bertz CT molecular complexity index is 1220. The smallest absolute Gasteiger partial charge is 0.408 e. The van der Waals surface area contributed by atoms with Crippen molar-refractivity contribution in [1.29, 1.82) is 0 Å². The average Bonchev–Trinajstić information content (AvgIpc) is 2.79. The number of hydrogen-bond donors (Lipinski definition) is 3. The number of hydrogen-bond acceptors (Lipinski definition) is 5. The van der Waals surface area contributed by atoms with Crippen molar-refractivity contribution in [3.05, 3.63) is 95.6 Å². The van der Waals surface area contributed by atoms with E-state index in [9.17, 15) is 18.0 Å². The molecule has 2 amide bonds. The van der Waals surface area contributed by atoms with Crippen LogP contribution in [0.2, 0.25) is 0 Å². The third kappa shape index (κ3) is 7.16. The van der Waals surface area contributed by atoms with Crippen LogP contribution in [0.3, 0.4) is 0 Å². The molecule has 0 aliphatic rings. The van der Waals surface area contributed by atoms with Crippen LogP contribution in [0.25, 0.3) is 0 Å². The van der Waals surface area contributed by atoms with Crippen LogP contribution in [0.15, 0.2) is 83.8 Å². The second-order valence-electron chi connectivity index (χ2n) is 7.46. The Labute approximate surface area is 192 Å². The maximum atomic E-state index is 13.0. The molecule has 0 saturated heterocycles. The standard InChI is InChI=1S/C24H25N3O5S/c1-17-12-13-20(15-22(17)33(25,30)31)26-23(28)21(14-18-8-4-2-5-9-18)27-24(29)32-16-19-10-6-3-7-11-19/h2-13,15,21H,14,16H2,1H3,(H,26,28)(H,27,29)(H2,25,30,31)/t21-/m0/s1. The van der Waals surface area contributed by atoms with Crippen LogP contribution in [0.1, 0.15) is 16.7 Å². The van der Waals surface area contributed by atoms with E-state index in [2.05, 4.69) is 10.6 Å². The summed E-state index contributed by atoms with van der Waals surface area (Å²) in [5, 5.41) is 10.5. The highest BCUT2D eigenvalue weighted by molar-refractivity contribution is 7.89. The predicted molar refractivity (Wildman–Crippen MR) is 125 cm³/mol. The van der Waals surface area contributed by atoms with Crippen molar-refractivity contribution in [2.75, 3.05) is 5.32 Å². The highest BCUT2D eigenvalue weighted by Gasteiger charge is 2.23. The van der Waals surface area contributed by atoms with E-state index in [0.717, 1.165) is 11.1 Å². The van der Waals surface area contributed by atoms with Gasteiger partial charge in [-0.25, -0.2) is 18.4 Å². The van der Waals surface area contributed by atoms with Gasteiger partial charge in [-0.1, -0.05) is 66.7 Å². The number of benzene rings is 3. The lowest BCUT2D eigenvalue weighted by Crippen LogP contribution is -2.45. The Morgan fingerprint density at radius 2 is 1.55 bits per heavy atom. The molecular formula is C24H25N3O5S. The van der Waals surface area contributed by atoms with Crippen molar-refractivity contribution < 1.29 is 22.7 Å². The molecule has 0 aromatic heterocycles. The van der Waals surface area contributed by atoms with E-state index in [1.165, 1.54) is 6.07 Å². The van der Waals surface area contributed by atoms with Crippen LogP contribution in [0.5, 0.6) is 0 Å². The average molecular weight is 468 g/mol. The molecule has 0 spiro atoms. The predicted octanol–water partition coefficient (Wildman–Crippen LogP) is 3.12. The number of ether oxygens (including phenoxy) is 1. The molecule has 4 N–H and O–H groups in total. The lowest BCUT2D eigenvalue weighted by Gasteiger charge is -2.19. The highest BCUT2D eigenvalue weighted by atomic mass is 32.2. The van der Waals surface area contributed by atoms with Gasteiger partial charge in [0, 0.05) is 12.1 Å². The van der Waals surface area contributed by atoms with E-state index in [4.69, 9.17) is 9.88 Å². The van der Waals surface area contributed by atoms with E-state index in [0.29, 0.717) is 5.56 Å². The molecule has 9 heteroatoms. The molecule has 33 heavy (non-hydrogen) atoms. The summed E-state index contributed by atoms with van der Waals surface area (Å²) in [5.41, 5.74) is 2.34. The fourth-order valence-corrected chi connectivity index (χ4v) is 3.99. The second-order valence-corrected chi connectivity index (χ2v) is 8.99. The van der Waals surface area contributed by atoms with Gasteiger partial charge < -0.3 is 15.4 Å². The lowest BCUT2D eigenvalue weighted by atomic mass is 10.1. The fourth-order valence-electron chi connectivity index (χ4n) is 3.18. The summed E-state index contributed by atoms with van der Waals surface area (Å²) in [6, 6.07) is 21.8. The van der Waals surface area contributed by atoms with Crippen molar-refractivity contribution in [1.82, 2.24) is 5.32 Å². The van der Waals surface area contributed by atoms with Gasteiger partial charge >= 0.3 is 6.09 Å². The molecule has 0 radical (unpaired) electrons. The summed E-state index contributed by atoms with van der Waals surface area (Å²) < 4.78 is 28.8. The molecule has 0 bridgehead atoms. The van der Waals surface area contributed by atoms with Crippen molar-refractivity contribution in [3.63, 3.8) is 0 Å². The maximum absolute atomic E-state index is 13.0. The van der Waals surface area contributed by atoms with Crippen molar-refractivity contribution in [2.24, 2.45) is 5.14 Å². The Morgan fingerprint density at radius 3 is 2.15 bits per heavy atom. The van der Waals surface area contributed by atoms with Gasteiger partial charge in [-0.2, -0.15) is 0 Å². The molecule has 0 aliphatic carbocycles. The van der Waals surface area contributed by atoms with Crippen LogP contribution >= 0.6 is 0 Å². The zero-order valence-electron chi connectivity index (χ0n) is 18.0. The third-order valence-electron chi connectivity index (χ3n) is 4.87. The van der Waals surface area contributed by atoms with E-state index >= 15 is 0 Å². The zero-order chi connectivity index (χ0) is 23.8. The number of sulfonamides is 1. The minimum atomic E-state index is -3.95. The minimum absolute atomic E-state index is 0.0576. The van der Waals surface area contributed by atoms with Crippen molar-refractivity contribution >= 4 is 27.7 Å². The lowest BCUT2D eigenvalue weighted by molar-refractivity contribution is -0.118. The van der Waals surface area contributed by atoms with Crippen LogP contribution in [-0.2, 0) is 32.6 Å². The summed E-state index contributed by atoms with van der Waals surface area (Å²) in [6.07, 6.45) is -0.537. The molecule has 0 aliphatic heterocycles. The van der Waals surface area contributed by atoms with Crippen molar-refractivity contribution in [2.45, 2.75) is 30.9 Å². The molecule has 0 unspecified atom stereocenters. The number of carbonyl (C=O) groups excluding carboxylic acids is 2. The monoisotopic (exact) mass is 467 g/mol. The number of primary sulfonamides is 1. The summed E-state index contributed by atoms with van der Waals surface area (Å²) in [4.78, 5) is 25.3. The van der Waals surface area contributed by atoms with Gasteiger partial charge in [0.1, 0.15) is 12.6 Å². The summed E-state index contributed by atoms with van der Waals surface area (Å²) in [5.74, 6) is -0.528. The third-order valence-corrected chi connectivity index (χ3v) is 5.92. The van der Waals surface area contributed by atoms with Gasteiger partial charge in [-0.15, -0.1) is 0 Å². The number of nitrogens with two attached hydrogens (primary N) is 1.